The van der Waals surface area contributed by atoms with Gasteiger partial charge in [0.2, 0.25) is 5.95 Å². The minimum Gasteiger partial charge on any atom is -0.481 e. The zero-order valence-corrected chi connectivity index (χ0v) is 9.31. The van der Waals surface area contributed by atoms with Crippen LogP contribution in [0.4, 0.5) is 4.39 Å². The highest BCUT2D eigenvalue weighted by Crippen LogP contribution is 2.01. The first-order valence-electron chi connectivity index (χ1n) is 5.11. The summed E-state index contributed by atoms with van der Waals surface area (Å²) >= 11 is 0. The lowest BCUT2D eigenvalue weighted by molar-refractivity contribution is -0.137. The average molecular weight is 240 g/mol. The van der Waals surface area contributed by atoms with Crippen molar-refractivity contribution < 1.29 is 19.1 Å². The van der Waals surface area contributed by atoms with Gasteiger partial charge in [0.1, 0.15) is 5.69 Å². The molecule has 1 aromatic heterocycles. The molecule has 17 heavy (non-hydrogen) atoms. The second-order valence-corrected chi connectivity index (χ2v) is 3.76. The van der Waals surface area contributed by atoms with E-state index in [1.165, 1.54) is 12.1 Å². The summed E-state index contributed by atoms with van der Waals surface area (Å²) in [6.07, 6.45) is -0.0309. The van der Waals surface area contributed by atoms with Gasteiger partial charge in [-0.3, -0.25) is 9.59 Å². The predicted octanol–water partition coefficient (Wildman–Crippen LogP) is 1.06. The van der Waals surface area contributed by atoms with E-state index in [0.29, 0.717) is 0 Å². The summed E-state index contributed by atoms with van der Waals surface area (Å²) < 4.78 is 12.7. The number of carboxylic acid groups (broad SMARTS) is 1. The maximum Gasteiger partial charge on any atom is 0.303 e. The third-order valence-electron chi connectivity index (χ3n) is 2.08. The van der Waals surface area contributed by atoms with Crippen molar-refractivity contribution in [2.75, 3.05) is 6.54 Å². The maximum absolute atomic E-state index is 12.7. The second-order valence-electron chi connectivity index (χ2n) is 3.76. The monoisotopic (exact) mass is 240 g/mol. The van der Waals surface area contributed by atoms with Gasteiger partial charge in [-0.2, -0.15) is 4.39 Å². The van der Waals surface area contributed by atoms with Crippen molar-refractivity contribution >= 4 is 11.9 Å². The number of aromatic nitrogens is 1. The number of carbonyl (C=O) groups is 2. The highest BCUT2D eigenvalue weighted by Gasteiger charge is 2.11. The van der Waals surface area contributed by atoms with Gasteiger partial charge in [0, 0.05) is 13.0 Å². The molecule has 5 nitrogen and oxygen atoms in total. The SMILES string of the molecule is CC(CNC(=O)c1cccc(F)n1)CC(=O)O. The molecule has 0 aliphatic heterocycles. The molecule has 0 fully saturated rings. The zero-order valence-electron chi connectivity index (χ0n) is 9.31. The Bertz CT molecular complexity index is 423. The Morgan fingerprint density at radius 2 is 2.24 bits per heavy atom. The summed E-state index contributed by atoms with van der Waals surface area (Å²) in [6.45, 7) is 1.91. The normalized spacial score (nSPS) is 11.9. The molecule has 0 radical (unpaired) electrons. The molecule has 1 rings (SSSR count). The molecular weight excluding hydrogens is 227 g/mol. The van der Waals surface area contributed by atoms with Gasteiger partial charge in [0.05, 0.1) is 0 Å². The molecule has 2 N–H and O–H groups in total. The van der Waals surface area contributed by atoms with E-state index in [4.69, 9.17) is 5.11 Å². The third kappa shape index (κ3) is 4.58. The molecule has 0 saturated heterocycles. The molecule has 92 valence electrons. The fourth-order valence-electron chi connectivity index (χ4n) is 1.26. The molecule has 1 atom stereocenters. The number of rotatable bonds is 5. The minimum absolute atomic E-state index is 0.0208. The summed E-state index contributed by atoms with van der Waals surface area (Å²) in [5, 5.41) is 11.0. The topological polar surface area (TPSA) is 79.3 Å². The maximum atomic E-state index is 12.7. The number of hydrogen-bond acceptors (Lipinski definition) is 3. The summed E-state index contributed by atoms with van der Waals surface area (Å²) in [7, 11) is 0. The number of amides is 1. The van der Waals surface area contributed by atoms with E-state index >= 15 is 0 Å². The van der Waals surface area contributed by atoms with Crippen LogP contribution in [-0.4, -0.2) is 28.5 Å². The number of nitrogens with zero attached hydrogens (tertiary/aromatic N) is 1. The van der Waals surface area contributed by atoms with E-state index in [1.807, 2.05) is 0 Å². The number of carbonyl (C=O) groups excluding carboxylic acids is 1. The number of pyridine rings is 1. The fourth-order valence-corrected chi connectivity index (χ4v) is 1.26. The molecule has 6 heteroatoms. The van der Waals surface area contributed by atoms with Crippen LogP contribution in [0, 0.1) is 11.9 Å². The lowest BCUT2D eigenvalue weighted by Gasteiger charge is -2.09. The van der Waals surface area contributed by atoms with Crippen LogP contribution in [0.2, 0.25) is 0 Å². The lowest BCUT2D eigenvalue weighted by Crippen LogP contribution is -2.29. The Labute approximate surface area is 97.7 Å². The predicted molar refractivity (Wildman–Crippen MR) is 57.9 cm³/mol. The molecular formula is C11H13FN2O3. The van der Waals surface area contributed by atoms with E-state index in [2.05, 4.69) is 10.3 Å². The van der Waals surface area contributed by atoms with Crippen LogP contribution in [0.25, 0.3) is 0 Å². The van der Waals surface area contributed by atoms with Crippen molar-refractivity contribution in [3.05, 3.63) is 29.8 Å². The molecule has 0 aliphatic rings. The van der Waals surface area contributed by atoms with Crippen LogP contribution in [0.5, 0.6) is 0 Å². The first-order chi connectivity index (χ1) is 7.99. The highest BCUT2D eigenvalue weighted by molar-refractivity contribution is 5.92. The van der Waals surface area contributed by atoms with Gasteiger partial charge < -0.3 is 10.4 Å². The Balaban J connectivity index is 2.47. The first kappa shape index (κ1) is 13.1. The van der Waals surface area contributed by atoms with Crippen molar-refractivity contribution in [1.29, 1.82) is 0 Å². The smallest absolute Gasteiger partial charge is 0.303 e. The van der Waals surface area contributed by atoms with Crippen molar-refractivity contribution in [2.24, 2.45) is 5.92 Å². The molecule has 0 aliphatic carbocycles. The Morgan fingerprint density at radius 3 is 2.82 bits per heavy atom. The minimum atomic E-state index is -0.921. The second kappa shape index (κ2) is 5.93. The van der Waals surface area contributed by atoms with Gasteiger partial charge in [0.15, 0.2) is 0 Å². The Morgan fingerprint density at radius 1 is 1.53 bits per heavy atom. The molecule has 1 amide bonds. The molecule has 0 spiro atoms. The van der Waals surface area contributed by atoms with Crippen molar-refractivity contribution in [2.45, 2.75) is 13.3 Å². The largest absolute Gasteiger partial charge is 0.481 e. The van der Waals surface area contributed by atoms with Crippen molar-refractivity contribution in [1.82, 2.24) is 10.3 Å². The van der Waals surface area contributed by atoms with Crippen molar-refractivity contribution in [3.63, 3.8) is 0 Å². The number of hydrogen-bond donors (Lipinski definition) is 2. The molecule has 1 heterocycles. The van der Waals surface area contributed by atoms with Gasteiger partial charge in [-0.1, -0.05) is 13.0 Å². The standard InChI is InChI=1S/C11H13FN2O3/c1-7(5-10(15)16)6-13-11(17)8-3-2-4-9(12)14-8/h2-4,7H,5-6H2,1H3,(H,13,17)(H,15,16). The Hall–Kier alpha value is -1.98. The number of carboxylic acids is 1. The van der Waals surface area contributed by atoms with E-state index in [1.54, 1.807) is 6.92 Å². The van der Waals surface area contributed by atoms with Crippen molar-refractivity contribution in [3.8, 4) is 0 Å². The van der Waals surface area contributed by atoms with Gasteiger partial charge >= 0.3 is 5.97 Å². The summed E-state index contributed by atoms with van der Waals surface area (Å²) in [6, 6.07) is 3.92. The van der Waals surface area contributed by atoms with Crippen LogP contribution < -0.4 is 5.32 Å². The van der Waals surface area contributed by atoms with Crippen LogP contribution in [0.1, 0.15) is 23.8 Å². The summed E-state index contributed by atoms with van der Waals surface area (Å²) in [5.74, 6) is -2.35. The van der Waals surface area contributed by atoms with Crippen LogP contribution in [0.3, 0.4) is 0 Å². The van der Waals surface area contributed by atoms with E-state index in [9.17, 15) is 14.0 Å². The van der Waals surface area contributed by atoms with Crippen LogP contribution >= 0.6 is 0 Å². The average Bonchev–Trinajstić information content (AvgIpc) is 2.25. The number of nitrogens with one attached hydrogen (secondary N) is 1. The van der Waals surface area contributed by atoms with Crippen LogP contribution in [-0.2, 0) is 4.79 Å². The summed E-state index contributed by atoms with van der Waals surface area (Å²) in [4.78, 5) is 25.3. The fraction of sp³-hybridized carbons (Fsp3) is 0.364. The molecule has 0 saturated carbocycles. The third-order valence-corrected chi connectivity index (χ3v) is 2.08. The zero-order chi connectivity index (χ0) is 12.8. The molecule has 1 aromatic rings. The number of aliphatic carboxylic acids is 1. The van der Waals surface area contributed by atoms with Gasteiger partial charge in [-0.25, -0.2) is 4.98 Å². The number of halogens is 1. The first-order valence-corrected chi connectivity index (χ1v) is 5.11. The lowest BCUT2D eigenvalue weighted by atomic mass is 10.1. The van der Waals surface area contributed by atoms with Gasteiger partial charge in [0.25, 0.3) is 5.91 Å². The molecule has 1 unspecified atom stereocenters. The Kier molecular flexibility index (Phi) is 4.56. The van der Waals surface area contributed by atoms with E-state index in [0.717, 1.165) is 6.07 Å². The molecule has 0 aromatic carbocycles. The van der Waals surface area contributed by atoms with Gasteiger partial charge in [-0.15, -0.1) is 0 Å². The summed E-state index contributed by atoms with van der Waals surface area (Å²) in [5.41, 5.74) is -0.0208. The van der Waals surface area contributed by atoms with Gasteiger partial charge in [-0.05, 0) is 18.1 Å². The van der Waals surface area contributed by atoms with E-state index in [-0.39, 0.29) is 24.6 Å². The van der Waals surface area contributed by atoms with Crippen LogP contribution in [0.15, 0.2) is 18.2 Å². The van der Waals surface area contributed by atoms with E-state index < -0.39 is 17.8 Å². The quantitative estimate of drug-likeness (QED) is 0.754. The molecule has 0 bridgehead atoms. The highest BCUT2D eigenvalue weighted by atomic mass is 19.1.